The van der Waals surface area contributed by atoms with Gasteiger partial charge in [0.1, 0.15) is 25.3 Å². The summed E-state index contributed by atoms with van der Waals surface area (Å²) in [6.07, 6.45) is 0.868. The Bertz CT molecular complexity index is 1670. The number of rotatable bonds is 18. The molecule has 0 saturated heterocycles. The van der Waals surface area contributed by atoms with E-state index in [1.165, 1.54) is 0 Å². The van der Waals surface area contributed by atoms with Crippen molar-refractivity contribution in [3.05, 3.63) is 144 Å². The zero-order valence-electron chi connectivity index (χ0n) is 30.1. The molecule has 0 aliphatic heterocycles. The van der Waals surface area contributed by atoms with E-state index in [1.54, 1.807) is 0 Å². The Labute approximate surface area is 315 Å². The van der Waals surface area contributed by atoms with Gasteiger partial charge in [-0.1, -0.05) is 121 Å². The first-order valence-electron chi connectivity index (χ1n) is 18.6. The minimum Gasteiger partial charge on any atom is -0.445 e. The molecule has 282 valence electrons. The van der Waals surface area contributed by atoms with Gasteiger partial charge in [0.2, 0.25) is 11.8 Å². The first kappa shape index (κ1) is 38.1. The summed E-state index contributed by atoms with van der Waals surface area (Å²) in [5, 5.41) is 23.8. The van der Waals surface area contributed by atoms with E-state index in [0.29, 0.717) is 0 Å². The maximum absolute atomic E-state index is 14.0. The van der Waals surface area contributed by atoms with E-state index in [4.69, 9.17) is 9.47 Å². The maximum Gasteiger partial charge on any atom is 0.408 e. The monoisotopic (exact) mass is 732 g/mol. The number of amides is 4. The van der Waals surface area contributed by atoms with Crippen LogP contribution in [0.5, 0.6) is 0 Å². The number of carbonyl (C=O) groups is 4. The van der Waals surface area contributed by atoms with Crippen LogP contribution in [-0.4, -0.2) is 59.4 Å². The Kier molecular flexibility index (Phi) is 13.3. The van der Waals surface area contributed by atoms with Crippen molar-refractivity contribution in [2.45, 2.75) is 82.0 Å². The van der Waals surface area contributed by atoms with Crippen molar-refractivity contribution in [2.24, 2.45) is 11.8 Å². The number of benzene rings is 4. The van der Waals surface area contributed by atoms with Crippen molar-refractivity contribution in [3.63, 3.8) is 0 Å². The first-order valence-corrected chi connectivity index (χ1v) is 18.6. The zero-order chi connectivity index (χ0) is 37.7. The van der Waals surface area contributed by atoms with Crippen LogP contribution in [0.25, 0.3) is 0 Å². The Balaban J connectivity index is 1.17. The molecule has 0 spiro atoms. The van der Waals surface area contributed by atoms with Crippen molar-refractivity contribution < 1.29 is 33.8 Å². The number of alkyl carbamates (subject to hydrolysis) is 2. The van der Waals surface area contributed by atoms with Gasteiger partial charge >= 0.3 is 12.2 Å². The van der Waals surface area contributed by atoms with Crippen molar-refractivity contribution in [3.8, 4) is 0 Å². The minimum atomic E-state index is -1.27. The summed E-state index contributed by atoms with van der Waals surface area (Å²) in [5.41, 5.74) is 3.37. The molecular weight excluding hydrogens is 684 g/mol. The summed E-state index contributed by atoms with van der Waals surface area (Å²) in [6.45, 7) is 0.118. The van der Waals surface area contributed by atoms with Crippen LogP contribution in [0.4, 0.5) is 9.59 Å². The van der Waals surface area contributed by atoms with Crippen LogP contribution >= 0.6 is 0 Å². The van der Waals surface area contributed by atoms with E-state index in [2.05, 4.69) is 21.3 Å². The summed E-state index contributed by atoms with van der Waals surface area (Å²) in [5.74, 6) is -1.04. The predicted octanol–water partition coefficient (Wildman–Crippen LogP) is 5.21. The average Bonchev–Trinajstić information content (AvgIpc) is 4.14. The molecule has 54 heavy (non-hydrogen) atoms. The van der Waals surface area contributed by atoms with Crippen LogP contribution in [0.3, 0.4) is 0 Å². The second-order valence-corrected chi connectivity index (χ2v) is 14.1. The third kappa shape index (κ3) is 11.7. The van der Waals surface area contributed by atoms with Gasteiger partial charge in [-0.2, -0.15) is 0 Å². The van der Waals surface area contributed by atoms with Crippen molar-refractivity contribution in [1.29, 1.82) is 0 Å². The molecule has 4 amide bonds. The van der Waals surface area contributed by atoms with Crippen molar-refractivity contribution >= 4 is 24.0 Å². The molecule has 0 aromatic heterocycles. The molecule has 6 rings (SSSR count). The lowest BCUT2D eigenvalue weighted by molar-refractivity contribution is -0.126. The molecule has 11 nitrogen and oxygen atoms in total. The van der Waals surface area contributed by atoms with E-state index >= 15 is 0 Å². The van der Waals surface area contributed by atoms with Gasteiger partial charge in [0, 0.05) is 0 Å². The summed E-state index contributed by atoms with van der Waals surface area (Å²) < 4.78 is 10.9. The summed E-state index contributed by atoms with van der Waals surface area (Å²) in [7, 11) is 0. The fraction of sp³-hybridized carbons (Fsp3) is 0.349. The molecule has 0 bridgehead atoms. The van der Waals surface area contributed by atoms with E-state index in [1.807, 2.05) is 121 Å². The smallest absolute Gasteiger partial charge is 0.408 e. The molecule has 4 aromatic carbocycles. The molecule has 0 radical (unpaired) electrons. The minimum absolute atomic E-state index is 0.0589. The second-order valence-electron chi connectivity index (χ2n) is 14.1. The van der Waals surface area contributed by atoms with E-state index < -0.39 is 54.3 Å². The highest BCUT2D eigenvalue weighted by molar-refractivity contribution is 5.87. The molecule has 11 heteroatoms. The number of nitrogens with one attached hydrogen (secondary N) is 4. The van der Waals surface area contributed by atoms with Crippen molar-refractivity contribution in [2.75, 3.05) is 0 Å². The highest BCUT2D eigenvalue weighted by atomic mass is 16.6. The quantitative estimate of drug-likeness (QED) is 0.0941. The van der Waals surface area contributed by atoms with Crippen LogP contribution in [0, 0.1) is 11.8 Å². The van der Waals surface area contributed by atoms with Crippen molar-refractivity contribution in [1.82, 2.24) is 21.3 Å². The van der Waals surface area contributed by atoms with Gasteiger partial charge in [-0.15, -0.1) is 0 Å². The maximum atomic E-state index is 14.0. The van der Waals surface area contributed by atoms with Gasteiger partial charge < -0.3 is 35.8 Å². The lowest BCUT2D eigenvalue weighted by Crippen LogP contribution is -2.60. The standard InChI is InChI=1S/C43H48N4O7/c48-39(35(25-29-13-5-1-6-14-29)44-40(49)37(33-21-22-33)46-42(51)53-27-31-17-9-3-10-18-31)36(26-30-15-7-2-8-16-30)45-41(50)38(34-23-24-34)47-43(52)54-28-32-19-11-4-12-20-32/h1-20,33-39,48H,21-28H2,(H,44,49)(H,45,50)(H,46,51)(H,47,52)/t35-,36-,37-,38-/m0/s1. The molecular formula is C43H48N4O7. The average molecular weight is 733 g/mol. The number of aliphatic hydroxyl groups excluding tert-OH is 1. The van der Waals surface area contributed by atoms with E-state index in [0.717, 1.165) is 47.9 Å². The highest BCUT2D eigenvalue weighted by Gasteiger charge is 2.42. The molecule has 4 aromatic rings. The van der Waals surface area contributed by atoms with Gasteiger partial charge in [-0.05, 0) is 72.6 Å². The Hall–Kier alpha value is -5.68. The SMILES string of the molecule is O=C(N[C@H](C(=O)N[C@@H](Cc1ccccc1)C(O)[C@H](Cc1ccccc1)NC(=O)[C@@H](NC(=O)OCc1ccccc1)C1CC1)C1CC1)OCc1ccccc1. The van der Waals surface area contributed by atoms with E-state index in [9.17, 15) is 24.3 Å². The van der Waals surface area contributed by atoms with Gasteiger partial charge in [0.15, 0.2) is 0 Å². The van der Waals surface area contributed by atoms with Gasteiger partial charge in [0.05, 0.1) is 18.2 Å². The largest absolute Gasteiger partial charge is 0.445 e. The molecule has 2 saturated carbocycles. The molecule has 5 N–H and O–H groups in total. The summed E-state index contributed by atoms with van der Waals surface area (Å²) in [4.78, 5) is 53.7. The molecule has 0 heterocycles. The summed E-state index contributed by atoms with van der Waals surface area (Å²) in [6, 6.07) is 34.0. The number of hydrogen-bond acceptors (Lipinski definition) is 7. The number of carbonyl (C=O) groups excluding carboxylic acids is 4. The van der Waals surface area contributed by atoms with Crippen LogP contribution < -0.4 is 21.3 Å². The molecule has 2 aliphatic carbocycles. The van der Waals surface area contributed by atoms with E-state index in [-0.39, 0.29) is 37.9 Å². The van der Waals surface area contributed by atoms with Crippen LogP contribution in [-0.2, 0) is 45.1 Å². The van der Waals surface area contributed by atoms with Gasteiger partial charge in [-0.25, -0.2) is 9.59 Å². The van der Waals surface area contributed by atoms with Crippen LogP contribution in [0.1, 0.15) is 47.9 Å². The van der Waals surface area contributed by atoms with Crippen LogP contribution in [0.15, 0.2) is 121 Å². The zero-order valence-corrected chi connectivity index (χ0v) is 30.1. The Morgan fingerprint density at radius 1 is 0.500 bits per heavy atom. The Morgan fingerprint density at radius 2 is 0.815 bits per heavy atom. The molecule has 2 fully saturated rings. The lowest BCUT2D eigenvalue weighted by atomic mass is 9.91. The second kappa shape index (κ2) is 18.9. The molecule has 2 aliphatic rings. The van der Waals surface area contributed by atoms with Crippen LogP contribution in [0.2, 0.25) is 0 Å². The third-order valence-corrected chi connectivity index (χ3v) is 9.80. The van der Waals surface area contributed by atoms with Gasteiger partial charge in [0.25, 0.3) is 0 Å². The molecule has 0 unspecified atom stereocenters. The Morgan fingerprint density at radius 3 is 1.13 bits per heavy atom. The number of hydrogen-bond donors (Lipinski definition) is 5. The fourth-order valence-corrected chi connectivity index (χ4v) is 6.51. The lowest BCUT2D eigenvalue weighted by Gasteiger charge is -2.33. The van der Waals surface area contributed by atoms with Gasteiger partial charge in [-0.3, -0.25) is 9.59 Å². The number of aliphatic hydroxyl groups is 1. The topological polar surface area (TPSA) is 155 Å². The normalized spacial score (nSPS) is 15.9. The number of ether oxygens (including phenoxy) is 2. The first-order chi connectivity index (χ1) is 26.3. The fourth-order valence-electron chi connectivity index (χ4n) is 6.51. The molecule has 4 atom stereocenters. The predicted molar refractivity (Wildman–Crippen MR) is 203 cm³/mol. The highest BCUT2D eigenvalue weighted by Crippen LogP contribution is 2.34. The third-order valence-electron chi connectivity index (χ3n) is 9.80. The summed E-state index contributed by atoms with van der Waals surface area (Å²) >= 11 is 0.